The first-order valence-corrected chi connectivity index (χ1v) is 8.77. The van der Waals surface area contributed by atoms with E-state index in [0.29, 0.717) is 12.0 Å². The predicted octanol–water partition coefficient (Wildman–Crippen LogP) is 3.10. The fourth-order valence-corrected chi connectivity index (χ4v) is 2.06. The van der Waals surface area contributed by atoms with Gasteiger partial charge in [0.05, 0.1) is 0 Å². The van der Waals surface area contributed by atoms with Crippen LogP contribution in [0.4, 0.5) is 0 Å². The van der Waals surface area contributed by atoms with Crippen molar-refractivity contribution in [1.29, 1.82) is 0 Å². The van der Waals surface area contributed by atoms with Crippen LogP contribution < -0.4 is 10.6 Å². The molecule has 0 aliphatic carbocycles. The molecule has 0 aromatic carbocycles. The zero-order valence-corrected chi connectivity index (χ0v) is 15.2. The lowest BCUT2D eigenvalue weighted by Crippen LogP contribution is -2.38. The summed E-state index contributed by atoms with van der Waals surface area (Å²) in [6.45, 7) is 15.1. The highest BCUT2D eigenvalue weighted by atomic mass is 15.2. The lowest BCUT2D eigenvalue weighted by molar-refractivity contribution is 0.268. The summed E-state index contributed by atoms with van der Waals surface area (Å²) in [7, 11) is 2.19. The number of aliphatic imine (C=N–C) groups is 1. The molecule has 126 valence electrons. The quantitative estimate of drug-likeness (QED) is 0.350. The Kier molecular flexibility index (Phi) is 12.5. The van der Waals surface area contributed by atoms with E-state index < -0.39 is 0 Å². The van der Waals surface area contributed by atoms with Gasteiger partial charge in [-0.25, -0.2) is 0 Å². The second-order valence-electron chi connectivity index (χ2n) is 6.11. The highest BCUT2D eigenvalue weighted by Crippen LogP contribution is 2.07. The summed E-state index contributed by atoms with van der Waals surface area (Å²) in [5, 5.41) is 6.78. The normalized spacial score (nSPS) is 12.5. The third-order valence-corrected chi connectivity index (χ3v) is 4.12. The predicted molar refractivity (Wildman–Crippen MR) is 95.1 cm³/mol. The molecule has 0 aliphatic heterocycles. The van der Waals surface area contributed by atoms with Crippen LogP contribution in [0.1, 0.15) is 60.3 Å². The van der Waals surface area contributed by atoms with Crippen molar-refractivity contribution in [2.45, 2.75) is 66.3 Å². The second kappa shape index (κ2) is 12.9. The Morgan fingerprint density at radius 1 is 1.05 bits per heavy atom. The minimum Gasteiger partial charge on any atom is -0.357 e. The van der Waals surface area contributed by atoms with Crippen LogP contribution in [0.25, 0.3) is 0 Å². The average molecular weight is 299 g/mol. The highest BCUT2D eigenvalue weighted by molar-refractivity contribution is 5.79. The number of unbranched alkanes of at least 4 members (excludes halogenated alkanes) is 1. The molecule has 0 saturated heterocycles. The molecule has 0 aromatic rings. The monoisotopic (exact) mass is 298 g/mol. The first-order chi connectivity index (χ1) is 10.0. The van der Waals surface area contributed by atoms with E-state index in [9.17, 15) is 0 Å². The standard InChI is InChI=1S/C17H38N4/c1-7-16(8-2)14-20-17(18-9-3)19-12-10-11-13-21(6)15(4)5/h15-16H,7-14H2,1-6H3,(H2,18,19,20). The summed E-state index contributed by atoms with van der Waals surface area (Å²) in [5.41, 5.74) is 0. The fourth-order valence-electron chi connectivity index (χ4n) is 2.06. The summed E-state index contributed by atoms with van der Waals surface area (Å²) < 4.78 is 0. The largest absolute Gasteiger partial charge is 0.357 e. The maximum absolute atomic E-state index is 4.70. The van der Waals surface area contributed by atoms with Crippen molar-refractivity contribution in [2.75, 3.05) is 33.2 Å². The molecule has 0 heterocycles. The molecule has 0 atom stereocenters. The van der Waals surface area contributed by atoms with Crippen LogP contribution in [0.3, 0.4) is 0 Å². The minimum atomic E-state index is 0.636. The van der Waals surface area contributed by atoms with Crippen molar-refractivity contribution in [3.05, 3.63) is 0 Å². The molecule has 0 unspecified atom stereocenters. The Labute approximate surface area is 132 Å². The maximum atomic E-state index is 4.70. The lowest BCUT2D eigenvalue weighted by atomic mass is 10.0. The van der Waals surface area contributed by atoms with Crippen molar-refractivity contribution in [3.8, 4) is 0 Å². The van der Waals surface area contributed by atoms with Crippen LogP contribution in [-0.2, 0) is 0 Å². The molecule has 0 radical (unpaired) electrons. The number of hydrogen-bond donors (Lipinski definition) is 2. The second-order valence-corrected chi connectivity index (χ2v) is 6.11. The van der Waals surface area contributed by atoms with E-state index in [1.807, 2.05) is 0 Å². The first-order valence-electron chi connectivity index (χ1n) is 8.77. The molecular formula is C17H38N4. The lowest BCUT2D eigenvalue weighted by Gasteiger charge is -2.20. The van der Waals surface area contributed by atoms with E-state index in [2.05, 4.69) is 57.2 Å². The molecule has 0 rings (SSSR count). The van der Waals surface area contributed by atoms with Crippen molar-refractivity contribution in [1.82, 2.24) is 15.5 Å². The highest BCUT2D eigenvalue weighted by Gasteiger charge is 2.04. The van der Waals surface area contributed by atoms with Gasteiger partial charge in [0.15, 0.2) is 5.96 Å². The third kappa shape index (κ3) is 10.6. The van der Waals surface area contributed by atoms with Gasteiger partial charge in [0.2, 0.25) is 0 Å². The first kappa shape index (κ1) is 20.2. The number of guanidine groups is 1. The fraction of sp³-hybridized carbons (Fsp3) is 0.941. The summed E-state index contributed by atoms with van der Waals surface area (Å²) >= 11 is 0. The topological polar surface area (TPSA) is 39.7 Å². The van der Waals surface area contributed by atoms with Crippen LogP contribution in [0.5, 0.6) is 0 Å². The molecule has 0 fully saturated rings. The molecule has 4 heteroatoms. The van der Waals surface area contributed by atoms with Crippen molar-refractivity contribution >= 4 is 5.96 Å². The van der Waals surface area contributed by atoms with E-state index in [1.165, 1.54) is 32.2 Å². The Morgan fingerprint density at radius 2 is 1.71 bits per heavy atom. The number of rotatable bonds is 11. The molecule has 4 nitrogen and oxygen atoms in total. The Hall–Kier alpha value is -0.770. The number of nitrogens with zero attached hydrogens (tertiary/aromatic N) is 2. The van der Waals surface area contributed by atoms with Gasteiger partial charge in [-0.1, -0.05) is 26.7 Å². The minimum absolute atomic E-state index is 0.636. The van der Waals surface area contributed by atoms with Crippen molar-refractivity contribution < 1.29 is 0 Å². The summed E-state index contributed by atoms with van der Waals surface area (Å²) in [6.07, 6.45) is 4.84. The van der Waals surface area contributed by atoms with E-state index in [-0.39, 0.29) is 0 Å². The van der Waals surface area contributed by atoms with Gasteiger partial charge in [-0.05, 0) is 53.1 Å². The van der Waals surface area contributed by atoms with Gasteiger partial charge in [-0.15, -0.1) is 0 Å². The molecular weight excluding hydrogens is 260 g/mol. The van der Waals surface area contributed by atoms with E-state index in [1.54, 1.807) is 0 Å². The van der Waals surface area contributed by atoms with Gasteiger partial charge in [0.25, 0.3) is 0 Å². The molecule has 21 heavy (non-hydrogen) atoms. The van der Waals surface area contributed by atoms with Crippen molar-refractivity contribution in [2.24, 2.45) is 10.9 Å². The summed E-state index contributed by atoms with van der Waals surface area (Å²) in [6, 6.07) is 0.636. The summed E-state index contributed by atoms with van der Waals surface area (Å²) in [5.74, 6) is 1.68. The van der Waals surface area contributed by atoms with E-state index >= 15 is 0 Å². The van der Waals surface area contributed by atoms with Crippen molar-refractivity contribution in [3.63, 3.8) is 0 Å². The van der Waals surface area contributed by atoms with Gasteiger partial charge < -0.3 is 15.5 Å². The van der Waals surface area contributed by atoms with E-state index in [0.717, 1.165) is 25.6 Å². The maximum Gasteiger partial charge on any atom is 0.191 e. The summed E-state index contributed by atoms with van der Waals surface area (Å²) in [4.78, 5) is 7.10. The molecule has 0 saturated carbocycles. The van der Waals surface area contributed by atoms with Gasteiger partial charge in [-0.3, -0.25) is 4.99 Å². The zero-order valence-electron chi connectivity index (χ0n) is 15.2. The molecule has 2 N–H and O–H groups in total. The number of hydrogen-bond acceptors (Lipinski definition) is 2. The Morgan fingerprint density at radius 3 is 2.24 bits per heavy atom. The molecule has 0 amide bonds. The molecule has 0 aliphatic rings. The van der Waals surface area contributed by atoms with Gasteiger partial charge >= 0.3 is 0 Å². The molecule has 0 aromatic heterocycles. The Balaban J connectivity index is 3.96. The number of nitrogens with one attached hydrogen (secondary N) is 2. The zero-order chi connectivity index (χ0) is 16.1. The van der Waals surface area contributed by atoms with Gasteiger partial charge in [0, 0.05) is 25.7 Å². The third-order valence-electron chi connectivity index (χ3n) is 4.12. The SMILES string of the molecule is CCNC(=NCC(CC)CC)NCCCCN(C)C(C)C. The van der Waals surface area contributed by atoms with Crippen LogP contribution in [-0.4, -0.2) is 50.1 Å². The van der Waals surface area contributed by atoms with Crippen LogP contribution in [0.15, 0.2) is 4.99 Å². The molecule has 0 spiro atoms. The van der Waals surface area contributed by atoms with Crippen LogP contribution >= 0.6 is 0 Å². The van der Waals surface area contributed by atoms with Crippen LogP contribution in [0, 0.1) is 5.92 Å². The van der Waals surface area contributed by atoms with Crippen LogP contribution in [0.2, 0.25) is 0 Å². The van der Waals surface area contributed by atoms with Gasteiger partial charge in [-0.2, -0.15) is 0 Å². The average Bonchev–Trinajstić information content (AvgIpc) is 2.47. The molecule has 0 bridgehead atoms. The van der Waals surface area contributed by atoms with E-state index in [4.69, 9.17) is 4.99 Å². The Bertz CT molecular complexity index is 260. The van der Waals surface area contributed by atoms with Gasteiger partial charge in [0.1, 0.15) is 0 Å². The smallest absolute Gasteiger partial charge is 0.191 e.